The van der Waals surface area contributed by atoms with Crippen molar-refractivity contribution in [2.45, 2.75) is 65.0 Å². The van der Waals surface area contributed by atoms with E-state index in [1.165, 1.54) is 6.42 Å². The Morgan fingerprint density at radius 2 is 1.67 bits per heavy atom. The molecule has 0 aliphatic carbocycles. The fourth-order valence-corrected chi connectivity index (χ4v) is 3.36. The second-order valence-corrected chi connectivity index (χ2v) is 6.71. The van der Waals surface area contributed by atoms with Gasteiger partial charge in [0.05, 0.1) is 0 Å². The van der Waals surface area contributed by atoms with Crippen LogP contribution in [0.4, 0.5) is 0 Å². The van der Waals surface area contributed by atoms with E-state index in [2.05, 4.69) is 31.7 Å². The lowest BCUT2D eigenvalue weighted by molar-refractivity contribution is -0.128. The summed E-state index contributed by atoms with van der Waals surface area (Å²) in [6.45, 7) is 8.14. The number of rotatable bonds is 2. The lowest BCUT2D eigenvalue weighted by Crippen LogP contribution is -2.42. The van der Waals surface area contributed by atoms with Crippen LogP contribution in [0, 0.1) is 17.2 Å². The topological polar surface area (TPSA) is 47.3 Å². The monoisotopic (exact) mass is 289 g/mol. The maximum absolute atomic E-state index is 12.5. The number of amides is 1. The van der Waals surface area contributed by atoms with E-state index in [0.29, 0.717) is 23.6 Å². The SMILES string of the molecule is CC1CCN(C(=O)/C(C#N)=C\N2C(C)CCCC2C)CC1. The van der Waals surface area contributed by atoms with Gasteiger partial charge in [-0.3, -0.25) is 4.79 Å². The van der Waals surface area contributed by atoms with E-state index in [9.17, 15) is 10.1 Å². The van der Waals surface area contributed by atoms with Gasteiger partial charge in [-0.15, -0.1) is 0 Å². The number of piperidine rings is 2. The lowest BCUT2D eigenvalue weighted by atomic mass is 9.97. The van der Waals surface area contributed by atoms with Gasteiger partial charge in [0.2, 0.25) is 0 Å². The Morgan fingerprint density at radius 1 is 1.10 bits per heavy atom. The van der Waals surface area contributed by atoms with Crippen molar-refractivity contribution in [3.05, 3.63) is 11.8 Å². The molecule has 21 heavy (non-hydrogen) atoms. The fraction of sp³-hybridized carbons (Fsp3) is 0.765. The highest BCUT2D eigenvalue weighted by Gasteiger charge is 2.27. The normalized spacial score (nSPS) is 28.4. The van der Waals surface area contributed by atoms with Crippen LogP contribution in [0.5, 0.6) is 0 Å². The number of carbonyl (C=O) groups excluding carboxylic acids is 1. The van der Waals surface area contributed by atoms with Crippen molar-refractivity contribution >= 4 is 5.91 Å². The van der Waals surface area contributed by atoms with E-state index < -0.39 is 0 Å². The predicted octanol–water partition coefficient (Wildman–Crippen LogP) is 2.92. The Labute approximate surface area is 128 Å². The molecule has 0 N–H and O–H groups in total. The summed E-state index contributed by atoms with van der Waals surface area (Å²) in [7, 11) is 0. The van der Waals surface area contributed by atoms with Crippen molar-refractivity contribution < 1.29 is 4.79 Å². The quantitative estimate of drug-likeness (QED) is 0.580. The van der Waals surface area contributed by atoms with Crippen LogP contribution in [-0.4, -0.2) is 40.9 Å². The molecule has 2 rings (SSSR count). The number of carbonyl (C=O) groups is 1. The zero-order valence-corrected chi connectivity index (χ0v) is 13.5. The number of hydrogen-bond donors (Lipinski definition) is 0. The van der Waals surface area contributed by atoms with Gasteiger partial charge >= 0.3 is 0 Å². The molecular formula is C17H27N3O. The summed E-state index contributed by atoms with van der Waals surface area (Å²) in [5.41, 5.74) is 0.296. The molecular weight excluding hydrogens is 262 g/mol. The molecule has 0 aromatic rings. The van der Waals surface area contributed by atoms with Crippen LogP contribution in [0.15, 0.2) is 11.8 Å². The van der Waals surface area contributed by atoms with Crippen molar-refractivity contribution in [2.75, 3.05) is 13.1 Å². The molecule has 0 radical (unpaired) electrons. The highest BCUT2D eigenvalue weighted by molar-refractivity contribution is 5.97. The minimum absolute atomic E-state index is 0.0885. The Balaban J connectivity index is 2.09. The van der Waals surface area contributed by atoms with E-state index in [4.69, 9.17) is 0 Å². The first-order chi connectivity index (χ1) is 10.0. The number of nitriles is 1. The first-order valence-corrected chi connectivity index (χ1v) is 8.21. The fourth-order valence-electron chi connectivity index (χ4n) is 3.36. The third-order valence-corrected chi connectivity index (χ3v) is 4.96. The summed E-state index contributed by atoms with van der Waals surface area (Å²) in [4.78, 5) is 16.6. The molecule has 116 valence electrons. The molecule has 0 aromatic heterocycles. The maximum atomic E-state index is 12.5. The van der Waals surface area contributed by atoms with Crippen molar-refractivity contribution in [3.8, 4) is 6.07 Å². The summed E-state index contributed by atoms with van der Waals surface area (Å²) in [6, 6.07) is 2.94. The first-order valence-electron chi connectivity index (χ1n) is 8.21. The Kier molecular flexibility index (Phi) is 5.27. The van der Waals surface area contributed by atoms with Crippen molar-refractivity contribution in [1.82, 2.24) is 9.80 Å². The number of hydrogen-bond acceptors (Lipinski definition) is 3. The summed E-state index contributed by atoms with van der Waals surface area (Å²) in [5, 5.41) is 9.39. The van der Waals surface area contributed by atoms with Crippen LogP contribution >= 0.6 is 0 Å². The first kappa shape index (κ1) is 15.9. The molecule has 2 aliphatic heterocycles. The molecule has 2 unspecified atom stereocenters. The van der Waals surface area contributed by atoms with E-state index >= 15 is 0 Å². The minimum Gasteiger partial charge on any atom is -0.371 e. The van der Waals surface area contributed by atoms with Crippen LogP contribution in [0.25, 0.3) is 0 Å². The smallest absolute Gasteiger partial charge is 0.266 e. The second kappa shape index (κ2) is 6.98. The molecule has 0 saturated carbocycles. The van der Waals surface area contributed by atoms with Crippen LogP contribution in [0.2, 0.25) is 0 Å². The average molecular weight is 289 g/mol. The molecule has 2 aliphatic rings. The van der Waals surface area contributed by atoms with Crippen molar-refractivity contribution in [1.29, 1.82) is 5.26 Å². The van der Waals surface area contributed by atoms with Gasteiger partial charge in [-0.2, -0.15) is 5.26 Å². The van der Waals surface area contributed by atoms with E-state index in [0.717, 1.165) is 38.8 Å². The van der Waals surface area contributed by atoms with Crippen LogP contribution in [0.3, 0.4) is 0 Å². The van der Waals surface area contributed by atoms with Crippen LogP contribution in [0.1, 0.15) is 52.9 Å². The summed E-state index contributed by atoms with van der Waals surface area (Å²) < 4.78 is 0. The molecule has 4 heteroatoms. The predicted molar refractivity (Wildman–Crippen MR) is 83.3 cm³/mol. The third-order valence-electron chi connectivity index (χ3n) is 4.96. The molecule has 0 aromatic carbocycles. The molecule has 2 atom stereocenters. The van der Waals surface area contributed by atoms with Gasteiger partial charge in [0.15, 0.2) is 0 Å². The van der Waals surface area contributed by atoms with Gasteiger partial charge in [0.1, 0.15) is 11.6 Å². The molecule has 2 heterocycles. The maximum Gasteiger partial charge on any atom is 0.266 e. The standard InChI is InChI=1S/C17H27N3O/c1-13-7-9-19(10-8-13)17(21)16(11-18)12-20-14(2)5-4-6-15(20)3/h12-15H,4-10H2,1-3H3/b16-12-. The molecule has 4 nitrogen and oxygen atoms in total. The zero-order chi connectivity index (χ0) is 15.4. The molecule has 0 bridgehead atoms. The Hall–Kier alpha value is -1.50. The minimum atomic E-state index is -0.0885. The van der Waals surface area contributed by atoms with Crippen LogP contribution < -0.4 is 0 Å². The van der Waals surface area contributed by atoms with Gasteiger partial charge in [0, 0.05) is 31.4 Å². The molecule has 1 amide bonds. The van der Waals surface area contributed by atoms with Gasteiger partial charge in [-0.1, -0.05) is 6.92 Å². The number of likely N-dealkylation sites (tertiary alicyclic amines) is 2. The van der Waals surface area contributed by atoms with Crippen LogP contribution in [-0.2, 0) is 4.79 Å². The average Bonchev–Trinajstić information content (AvgIpc) is 2.47. The summed E-state index contributed by atoms with van der Waals surface area (Å²) in [6.07, 6.45) is 7.40. The highest BCUT2D eigenvalue weighted by atomic mass is 16.2. The zero-order valence-electron chi connectivity index (χ0n) is 13.5. The Morgan fingerprint density at radius 3 is 2.19 bits per heavy atom. The highest BCUT2D eigenvalue weighted by Crippen LogP contribution is 2.24. The second-order valence-electron chi connectivity index (χ2n) is 6.71. The van der Waals surface area contributed by atoms with E-state index in [1.54, 1.807) is 0 Å². The van der Waals surface area contributed by atoms with E-state index in [1.807, 2.05) is 11.1 Å². The van der Waals surface area contributed by atoms with E-state index in [-0.39, 0.29) is 5.91 Å². The van der Waals surface area contributed by atoms with Gasteiger partial charge in [0.25, 0.3) is 5.91 Å². The van der Waals surface area contributed by atoms with Gasteiger partial charge in [-0.25, -0.2) is 0 Å². The molecule has 2 fully saturated rings. The molecule has 2 saturated heterocycles. The summed E-state index contributed by atoms with van der Waals surface area (Å²) >= 11 is 0. The third kappa shape index (κ3) is 3.78. The number of nitrogens with zero attached hydrogens (tertiary/aromatic N) is 3. The van der Waals surface area contributed by atoms with Gasteiger partial charge in [-0.05, 0) is 51.9 Å². The summed E-state index contributed by atoms with van der Waals surface area (Å²) in [5.74, 6) is 0.597. The molecule has 0 spiro atoms. The largest absolute Gasteiger partial charge is 0.371 e. The Bertz CT molecular complexity index is 433. The van der Waals surface area contributed by atoms with Crippen molar-refractivity contribution in [2.24, 2.45) is 5.92 Å². The lowest BCUT2D eigenvalue weighted by Gasteiger charge is -2.38. The van der Waals surface area contributed by atoms with Gasteiger partial charge < -0.3 is 9.80 Å². The van der Waals surface area contributed by atoms with Crippen molar-refractivity contribution in [3.63, 3.8) is 0 Å².